The van der Waals surface area contributed by atoms with E-state index in [0.717, 1.165) is 0 Å². The molecule has 1 aromatic rings. The van der Waals surface area contributed by atoms with Crippen molar-refractivity contribution in [2.24, 2.45) is 4.99 Å². The van der Waals surface area contributed by atoms with E-state index >= 15 is 0 Å². The molecule has 21 heavy (non-hydrogen) atoms. The minimum atomic E-state index is -0.476. The summed E-state index contributed by atoms with van der Waals surface area (Å²) in [4.78, 5) is 27.9. The van der Waals surface area contributed by atoms with Gasteiger partial charge in [-0.3, -0.25) is 14.6 Å². The number of aliphatic imine (C=N–C) groups is 1. The van der Waals surface area contributed by atoms with Gasteiger partial charge in [-0.2, -0.15) is 0 Å². The van der Waals surface area contributed by atoms with Crippen molar-refractivity contribution in [3.63, 3.8) is 0 Å². The van der Waals surface area contributed by atoms with E-state index in [1.54, 1.807) is 30.3 Å². The largest absolute Gasteiger partial charge is 0.325 e. The quantitative estimate of drug-likeness (QED) is 0.818. The number of hydrogen-bond donors (Lipinski definition) is 2. The highest BCUT2D eigenvalue weighted by Crippen LogP contribution is 2.24. The lowest BCUT2D eigenvalue weighted by Crippen LogP contribution is -2.28. The van der Waals surface area contributed by atoms with Crippen LogP contribution in [0.4, 0.5) is 5.69 Å². The van der Waals surface area contributed by atoms with Crippen LogP contribution >= 0.6 is 23.4 Å². The number of carbonyl (C=O) groups excluding carboxylic acids is 2. The van der Waals surface area contributed by atoms with E-state index in [1.165, 1.54) is 11.8 Å². The normalized spacial score (nSPS) is 19.4. The second-order valence-corrected chi connectivity index (χ2v) is 5.86. The van der Waals surface area contributed by atoms with Crippen LogP contribution in [-0.2, 0) is 9.59 Å². The highest BCUT2D eigenvalue weighted by Gasteiger charge is 2.31. The Kier molecular flexibility index (Phi) is 5.41. The zero-order valence-corrected chi connectivity index (χ0v) is 12.7. The summed E-state index contributed by atoms with van der Waals surface area (Å²) in [6, 6.07) is 6.95. The van der Waals surface area contributed by atoms with Gasteiger partial charge in [-0.25, -0.2) is 0 Å². The van der Waals surface area contributed by atoms with Crippen LogP contribution in [0.25, 0.3) is 0 Å². The van der Waals surface area contributed by atoms with Crippen molar-refractivity contribution in [2.45, 2.75) is 11.7 Å². The third-order valence-corrected chi connectivity index (χ3v) is 4.11. The van der Waals surface area contributed by atoms with Crippen LogP contribution in [0.2, 0.25) is 5.02 Å². The topological polar surface area (TPSA) is 70.6 Å². The summed E-state index contributed by atoms with van der Waals surface area (Å²) in [6.45, 7) is 3.99. The van der Waals surface area contributed by atoms with Crippen molar-refractivity contribution in [1.82, 2.24) is 5.32 Å². The molecule has 0 spiro atoms. The van der Waals surface area contributed by atoms with Crippen molar-refractivity contribution in [2.75, 3.05) is 11.9 Å². The van der Waals surface area contributed by atoms with E-state index in [0.29, 0.717) is 22.4 Å². The second-order valence-electron chi connectivity index (χ2n) is 4.26. The number of amides is 2. The Hall–Kier alpha value is -1.79. The van der Waals surface area contributed by atoms with Gasteiger partial charge < -0.3 is 10.6 Å². The van der Waals surface area contributed by atoms with Gasteiger partial charge in [0.05, 0.1) is 17.3 Å². The molecule has 1 aromatic carbocycles. The van der Waals surface area contributed by atoms with Gasteiger partial charge >= 0.3 is 0 Å². The number of benzene rings is 1. The molecule has 1 heterocycles. The summed E-state index contributed by atoms with van der Waals surface area (Å²) < 4.78 is 0. The van der Waals surface area contributed by atoms with Gasteiger partial charge in [0.25, 0.3) is 0 Å². The Balaban J connectivity index is 1.93. The first kappa shape index (κ1) is 15.6. The third-order valence-electron chi connectivity index (χ3n) is 2.66. The Bertz CT molecular complexity index is 604. The number of amidine groups is 1. The Labute approximate surface area is 131 Å². The van der Waals surface area contributed by atoms with E-state index in [1.807, 2.05) is 0 Å². The number of rotatable bonds is 5. The number of halogens is 1. The zero-order chi connectivity index (χ0) is 15.2. The first-order valence-electron chi connectivity index (χ1n) is 6.27. The van der Waals surface area contributed by atoms with Gasteiger partial charge in [-0.15, -0.1) is 6.58 Å². The monoisotopic (exact) mass is 323 g/mol. The molecule has 0 radical (unpaired) electrons. The highest BCUT2D eigenvalue weighted by atomic mass is 35.5. The molecule has 1 aliphatic heterocycles. The fourth-order valence-electron chi connectivity index (χ4n) is 1.69. The lowest BCUT2D eigenvalue weighted by atomic mass is 10.2. The lowest BCUT2D eigenvalue weighted by Gasteiger charge is -2.08. The van der Waals surface area contributed by atoms with E-state index in [9.17, 15) is 9.59 Å². The van der Waals surface area contributed by atoms with Gasteiger partial charge in [0.1, 0.15) is 5.25 Å². The number of anilines is 1. The predicted octanol–water partition coefficient (Wildman–Crippen LogP) is 2.44. The Morgan fingerprint density at radius 3 is 3.00 bits per heavy atom. The number of nitrogens with zero attached hydrogens (tertiary/aromatic N) is 1. The summed E-state index contributed by atoms with van der Waals surface area (Å²) in [5.41, 5.74) is 0.535. The van der Waals surface area contributed by atoms with Crippen LogP contribution in [0, 0.1) is 0 Å². The smallest absolute Gasteiger partial charge is 0.240 e. The summed E-state index contributed by atoms with van der Waals surface area (Å²) in [5.74, 6) is -0.474. The number of thioether (sulfide) groups is 1. The van der Waals surface area contributed by atoms with Crippen LogP contribution in [-0.4, -0.2) is 28.8 Å². The second kappa shape index (κ2) is 7.28. The number of nitrogens with one attached hydrogen (secondary N) is 2. The van der Waals surface area contributed by atoms with Gasteiger partial charge in [0.15, 0.2) is 5.17 Å². The Morgan fingerprint density at radius 2 is 2.29 bits per heavy atom. The molecule has 0 unspecified atom stereocenters. The zero-order valence-electron chi connectivity index (χ0n) is 11.1. The van der Waals surface area contributed by atoms with Gasteiger partial charge in [0.2, 0.25) is 11.8 Å². The maximum Gasteiger partial charge on any atom is 0.240 e. The maximum absolute atomic E-state index is 12.0. The third kappa shape index (κ3) is 4.34. The van der Waals surface area contributed by atoms with Crippen LogP contribution in [0.3, 0.4) is 0 Å². The summed E-state index contributed by atoms with van der Waals surface area (Å²) in [6.07, 6.45) is 1.70. The molecule has 1 fully saturated rings. The molecule has 2 rings (SSSR count). The fraction of sp³-hybridized carbons (Fsp3) is 0.214. The number of para-hydroxylation sites is 1. The molecule has 1 aliphatic rings. The van der Waals surface area contributed by atoms with E-state index in [-0.39, 0.29) is 18.2 Å². The lowest BCUT2D eigenvalue weighted by molar-refractivity contribution is -0.122. The SMILES string of the molecule is C=CCN=C1NC(=O)[C@H](CC(=O)Nc2ccccc2Cl)S1. The molecule has 0 saturated carbocycles. The first-order valence-corrected chi connectivity index (χ1v) is 7.53. The van der Waals surface area contributed by atoms with Gasteiger partial charge in [-0.05, 0) is 12.1 Å². The van der Waals surface area contributed by atoms with Crippen LogP contribution in [0.1, 0.15) is 6.42 Å². The molecule has 5 nitrogen and oxygen atoms in total. The molecule has 110 valence electrons. The molecule has 0 aliphatic carbocycles. The summed E-state index contributed by atoms with van der Waals surface area (Å²) >= 11 is 7.22. The van der Waals surface area contributed by atoms with E-state index in [2.05, 4.69) is 22.2 Å². The van der Waals surface area contributed by atoms with Crippen LogP contribution < -0.4 is 10.6 Å². The fourth-order valence-corrected chi connectivity index (χ4v) is 2.86. The number of carbonyl (C=O) groups is 2. The Morgan fingerprint density at radius 1 is 1.52 bits per heavy atom. The van der Waals surface area contributed by atoms with Crippen LogP contribution in [0.5, 0.6) is 0 Å². The van der Waals surface area contributed by atoms with Crippen molar-refractivity contribution < 1.29 is 9.59 Å². The minimum Gasteiger partial charge on any atom is -0.325 e. The number of hydrogen-bond acceptors (Lipinski definition) is 4. The van der Waals surface area contributed by atoms with Crippen molar-refractivity contribution in [3.05, 3.63) is 41.9 Å². The average Bonchev–Trinajstić information content (AvgIpc) is 2.79. The average molecular weight is 324 g/mol. The van der Waals surface area contributed by atoms with Crippen molar-refractivity contribution >= 4 is 46.0 Å². The summed E-state index contributed by atoms with van der Waals surface area (Å²) in [7, 11) is 0. The molecule has 2 amide bonds. The standard InChI is InChI=1S/C14H14ClN3O2S/c1-2-7-16-14-18-13(20)11(21-14)8-12(19)17-10-6-4-3-5-9(10)15/h2-6,11H,1,7-8H2,(H,17,19)(H,16,18,20)/t11-/m0/s1. The molecule has 2 N–H and O–H groups in total. The molecule has 7 heteroatoms. The molecule has 1 atom stereocenters. The molecular formula is C14H14ClN3O2S. The molecular weight excluding hydrogens is 310 g/mol. The van der Waals surface area contributed by atoms with Crippen molar-refractivity contribution in [3.8, 4) is 0 Å². The molecule has 0 bridgehead atoms. The molecule has 1 saturated heterocycles. The van der Waals surface area contributed by atoms with Gasteiger partial charge in [0, 0.05) is 6.42 Å². The van der Waals surface area contributed by atoms with E-state index < -0.39 is 5.25 Å². The summed E-state index contributed by atoms with van der Waals surface area (Å²) in [5, 5.41) is 5.84. The molecule has 0 aromatic heterocycles. The van der Waals surface area contributed by atoms with Crippen molar-refractivity contribution in [1.29, 1.82) is 0 Å². The predicted molar refractivity (Wildman–Crippen MR) is 86.7 cm³/mol. The van der Waals surface area contributed by atoms with E-state index in [4.69, 9.17) is 11.6 Å². The van der Waals surface area contributed by atoms with Gasteiger partial charge in [-0.1, -0.05) is 41.6 Å². The maximum atomic E-state index is 12.0. The highest BCUT2D eigenvalue weighted by molar-refractivity contribution is 8.15. The minimum absolute atomic E-state index is 0.0643. The van der Waals surface area contributed by atoms with Crippen LogP contribution in [0.15, 0.2) is 41.9 Å². The first-order chi connectivity index (χ1) is 10.1.